The van der Waals surface area contributed by atoms with Gasteiger partial charge in [0.15, 0.2) is 0 Å². The summed E-state index contributed by atoms with van der Waals surface area (Å²) < 4.78 is 0. The third-order valence-corrected chi connectivity index (χ3v) is 1.67. The van der Waals surface area contributed by atoms with E-state index < -0.39 is 0 Å². The van der Waals surface area contributed by atoms with Crippen LogP contribution in [-0.2, 0) is 0 Å². The van der Waals surface area contributed by atoms with Gasteiger partial charge < -0.3 is 0 Å². The fraction of sp³-hybridized carbons (Fsp3) is 0. The summed E-state index contributed by atoms with van der Waals surface area (Å²) in [5.74, 6) is 0. The molecule has 0 spiro atoms. The third-order valence-electron chi connectivity index (χ3n) is 1.67. The van der Waals surface area contributed by atoms with Gasteiger partial charge in [0.25, 0.3) is 0 Å². The number of pyridine rings is 1. The van der Waals surface area contributed by atoms with Gasteiger partial charge in [0.2, 0.25) is 0 Å². The Labute approximate surface area is 80.9 Å². The predicted molar refractivity (Wildman–Crippen MR) is 48.8 cm³/mol. The topological polar surface area (TPSA) is 62.5 Å². The maximum atomic E-state index is 8.69. The van der Waals surface area contributed by atoms with Crippen molar-refractivity contribution in [1.29, 1.82) is 5.26 Å². The van der Waals surface area contributed by atoms with Gasteiger partial charge in [-0.25, -0.2) is 4.98 Å². The van der Waals surface area contributed by atoms with Crippen LogP contribution in [0.5, 0.6) is 0 Å². The maximum Gasteiger partial charge on any atom is 0.109 e. The summed E-state index contributed by atoms with van der Waals surface area (Å²) in [7, 11) is 0. The first-order valence-corrected chi connectivity index (χ1v) is 3.95. The van der Waals surface area contributed by atoms with E-state index in [9.17, 15) is 0 Å². The van der Waals surface area contributed by atoms with E-state index in [1.165, 1.54) is 6.20 Å². The van der Waals surface area contributed by atoms with Crippen molar-refractivity contribution >= 4 is 0 Å². The molecule has 0 saturated carbocycles. The Kier molecular flexibility index (Phi) is 2.15. The zero-order chi connectivity index (χ0) is 9.80. The van der Waals surface area contributed by atoms with Gasteiger partial charge in [0, 0.05) is 6.20 Å². The Morgan fingerprint density at radius 2 is 2.29 bits per heavy atom. The normalized spacial score (nSPS) is 9.36. The molecule has 4 nitrogen and oxygen atoms in total. The molecule has 2 aromatic heterocycles. The molecule has 1 radical (unpaired) electrons. The molecule has 14 heavy (non-hydrogen) atoms. The molecule has 2 rings (SSSR count). The Balaban J connectivity index is 2.49. The molecule has 0 amide bonds. The fourth-order valence-corrected chi connectivity index (χ4v) is 1.03. The predicted octanol–water partition coefficient (Wildman–Crippen LogP) is 1.21. The summed E-state index contributed by atoms with van der Waals surface area (Å²) in [6, 6.07) is 5.35. The number of nitrogens with zero attached hydrogens (tertiary/aromatic N) is 4. The zero-order valence-electron chi connectivity index (χ0n) is 7.18. The van der Waals surface area contributed by atoms with E-state index in [0.29, 0.717) is 17.0 Å². The Bertz CT molecular complexity index is 473. The quantitative estimate of drug-likeness (QED) is 0.663. The van der Waals surface area contributed by atoms with Gasteiger partial charge in [-0.05, 0) is 12.1 Å². The van der Waals surface area contributed by atoms with Crippen molar-refractivity contribution in [3.05, 3.63) is 42.5 Å². The maximum absolute atomic E-state index is 8.69. The molecule has 0 atom stereocenters. The lowest BCUT2D eigenvalue weighted by molar-refractivity contribution is 1.16. The van der Waals surface area contributed by atoms with Crippen LogP contribution in [0.2, 0.25) is 0 Å². The second kappa shape index (κ2) is 3.62. The van der Waals surface area contributed by atoms with Gasteiger partial charge in [-0.2, -0.15) is 5.26 Å². The van der Waals surface area contributed by atoms with Crippen molar-refractivity contribution in [3.63, 3.8) is 0 Å². The summed E-state index contributed by atoms with van der Waals surface area (Å²) >= 11 is 0. The molecule has 2 heterocycles. The highest BCUT2D eigenvalue weighted by molar-refractivity contribution is 5.54. The minimum Gasteiger partial charge on any atom is -0.260 e. The summed E-state index contributed by atoms with van der Waals surface area (Å²) in [4.78, 5) is 11.9. The highest BCUT2D eigenvalue weighted by Crippen LogP contribution is 2.12. The molecule has 0 unspecified atom stereocenters. The van der Waals surface area contributed by atoms with Crippen LogP contribution < -0.4 is 0 Å². The fourth-order valence-electron chi connectivity index (χ4n) is 1.03. The van der Waals surface area contributed by atoms with Crippen LogP contribution in [0, 0.1) is 17.5 Å². The van der Waals surface area contributed by atoms with Crippen molar-refractivity contribution in [2.45, 2.75) is 0 Å². The monoisotopic (exact) mass is 181 g/mol. The highest BCUT2D eigenvalue weighted by atomic mass is 14.8. The largest absolute Gasteiger partial charge is 0.260 e. The standard InChI is InChI=1S/C10H5N4/c11-6-8-1-2-13-9(5-8)10-7-12-3-4-14-10/h1-3,5,7H. The molecule has 0 saturated heterocycles. The second-order valence-electron chi connectivity index (χ2n) is 2.57. The third kappa shape index (κ3) is 1.57. The molecule has 65 valence electrons. The molecule has 0 aliphatic heterocycles. The average Bonchev–Trinajstić information content (AvgIpc) is 2.30. The first kappa shape index (κ1) is 8.32. The van der Waals surface area contributed by atoms with Gasteiger partial charge in [-0.15, -0.1) is 0 Å². The van der Waals surface area contributed by atoms with Crippen LogP contribution in [0.4, 0.5) is 0 Å². The molecule has 0 aliphatic carbocycles. The molecule has 0 bridgehead atoms. The van der Waals surface area contributed by atoms with Crippen LogP contribution in [0.15, 0.2) is 30.7 Å². The summed E-state index contributed by atoms with van der Waals surface area (Å²) in [5, 5.41) is 8.69. The number of nitriles is 1. The average molecular weight is 181 g/mol. The second-order valence-corrected chi connectivity index (χ2v) is 2.57. The van der Waals surface area contributed by atoms with E-state index >= 15 is 0 Å². The van der Waals surface area contributed by atoms with Gasteiger partial charge in [-0.3, -0.25) is 9.97 Å². The van der Waals surface area contributed by atoms with Crippen molar-refractivity contribution < 1.29 is 0 Å². The number of hydrogen-bond donors (Lipinski definition) is 0. The van der Waals surface area contributed by atoms with Crippen LogP contribution in [0.3, 0.4) is 0 Å². The SMILES string of the molecule is N#Cc1ccnc(-c2cnc[c]n2)c1. The Morgan fingerprint density at radius 1 is 1.36 bits per heavy atom. The van der Waals surface area contributed by atoms with Crippen molar-refractivity contribution in [2.24, 2.45) is 0 Å². The molecule has 2 aromatic rings. The molecular weight excluding hydrogens is 176 g/mol. The smallest absolute Gasteiger partial charge is 0.109 e. The van der Waals surface area contributed by atoms with E-state index in [-0.39, 0.29) is 0 Å². The molecule has 4 heteroatoms. The van der Waals surface area contributed by atoms with E-state index in [4.69, 9.17) is 5.26 Å². The minimum absolute atomic E-state index is 0.556. The number of rotatable bonds is 1. The van der Waals surface area contributed by atoms with Crippen LogP contribution in [-0.4, -0.2) is 15.0 Å². The summed E-state index contributed by atoms with van der Waals surface area (Å²) in [6.07, 6.45) is 7.24. The van der Waals surface area contributed by atoms with Gasteiger partial charge in [-0.1, -0.05) is 0 Å². The lowest BCUT2D eigenvalue weighted by atomic mass is 10.2. The lowest BCUT2D eigenvalue weighted by Gasteiger charge is -1.97. The first-order valence-electron chi connectivity index (χ1n) is 3.95. The Hall–Kier alpha value is -2.28. The van der Waals surface area contributed by atoms with E-state index in [0.717, 1.165) is 0 Å². The zero-order valence-corrected chi connectivity index (χ0v) is 7.18. The number of hydrogen-bond acceptors (Lipinski definition) is 4. The van der Waals surface area contributed by atoms with Gasteiger partial charge >= 0.3 is 0 Å². The van der Waals surface area contributed by atoms with E-state index in [1.54, 1.807) is 24.5 Å². The molecular formula is C10H5N4. The minimum atomic E-state index is 0.556. The molecule has 0 aromatic carbocycles. The van der Waals surface area contributed by atoms with Crippen LogP contribution in [0.1, 0.15) is 5.56 Å². The van der Waals surface area contributed by atoms with Crippen molar-refractivity contribution in [2.75, 3.05) is 0 Å². The van der Waals surface area contributed by atoms with Crippen LogP contribution >= 0.6 is 0 Å². The first-order chi connectivity index (χ1) is 6.90. The Morgan fingerprint density at radius 3 is 3.00 bits per heavy atom. The van der Waals surface area contributed by atoms with E-state index in [2.05, 4.69) is 21.1 Å². The van der Waals surface area contributed by atoms with Crippen LogP contribution in [0.25, 0.3) is 11.4 Å². The molecule has 0 fully saturated rings. The molecule has 0 N–H and O–H groups in total. The van der Waals surface area contributed by atoms with Crippen molar-refractivity contribution in [3.8, 4) is 17.5 Å². The summed E-state index contributed by atoms with van der Waals surface area (Å²) in [5.41, 5.74) is 1.80. The summed E-state index contributed by atoms with van der Waals surface area (Å²) in [6.45, 7) is 0. The molecule has 0 aliphatic rings. The number of aromatic nitrogens is 3. The van der Waals surface area contributed by atoms with E-state index in [1.807, 2.05) is 6.07 Å². The van der Waals surface area contributed by atoms with Gasteiger partial charge in [0.05, 0.1) is 29.7 Å². The lowest BCUT2D eigenvalue weighted by Crippen LogP contribution is -1.88. The van der Waals surface area contributed by atoms with Gasteiger partial charge in [0.1, 0.15) is 11.9 Å². The van der Waals surface area contributed by atoms with Crippen molar-refractivity contribution in [1.82, 2.24) is 15.0 Å². The highest BCUT2D eigenvalue weighted by Gasteiger charge is 2.00.